The summed E-state index contributed by atoms with van der Waals surface area (Å²) in [4.78, 5) is 7.19. The second-order valence-corrected chi connectivity index (χ2v) is 7.43. The van der Waals surface area contributed by atoms with E-state index in [1.54, 1.807) is 0 Å². The predicted octanol–water partition coefficient (Wildman–Crippen LogP) is 2.67. The minimum atomic E-state index is 0.465. The summed E-state index contributed by atoms with van der Waals surface area (Å²) in [6, 6.07) is 0.465. The first kappa shape index (κ1) is 14.8. The Morgan fingerprint density at radius 3 is 2.71 bits per heavy atom. The molecule has 2 aliphatic heterocycles. The van der Waals surface area contributed by atoms with Gasteiger partial charge in [-0.3, -0.25) is 0 Å². The van der Waals surface area contributed by atoms with E-state index >= 15 is 0 Å². The third-order valence-corrected chi connectivity index (χ3v) is 5.25. The van der Waals surface area contributed by atoms with Crippen LogP contribution in [0.4, 0.5) is 0 Å². The zero-order chi connectivity index (χ0) is 15.0. The maximum Gasteiger partial charge on any atom is 0.132 e. The number of likely N-dealkylation sites (tertiary alicyclic amines) is 1. The lowest BCUT2D eigenvalue weighted by molar-refractivity contribution is 0.115. The highest BCUT2D eigenvalue weighted by Crippen LogP contribution is 2.33. The molecule has 1 saturated heterocycles. The van der Waals surface area contributed by atoms with Crippen LogP contribution in [0.5, 0.6) is 0 Å². The van der Waals surface area contributed by atoms with Crippen molar-refractivity contribution >= 4 is 6.08 Å². The third-order valence-electron chi connectivity index (χ3n) is 5.25. The molecule has 1 aromatic rings. The van der Waals surface area contributed by atoms with E-state index in [9.17, 15) is 0 Å². The second kappa shape index (κ2) is 5.58. The topological polar surface area (TPSA) is 47.1 Å². The standard InChI is InChI=1S/C17H28N4/c1-13-14(11-20-8-6-17(2,3)7-9-20)4-5-16-19-15(10-18)12-21(13)16/h4-5,12-14H,6-11,18H2,1-3H3. The fourth-order valence-electron chi connectivity index (χ4n) is 3.44. The van der Waals surface area contributed by atoms with Crippen LogP contribution in [0.25, 0.3) is 6.08 Å². The molecule has 3 rings (SSSR count). The van der Waals surface area contributed by atoms with Crippen molar-refractivity contribution in [1.82, 2.24) is 14.5 Å². The van der Waals surface area contributed by atoms with Crippen molar-refractivity contribution in [3.8, 4) is 0 Å². The van der Waals surface area contributed by atoms with Crippen molar-refractivity contribution in [3.63, 3.8) is 0 Å². The van der Waals surface area contributed by atoms with E-state index in [1.165, 1.54) is 25.9 Å². The van der Waals surface area contributed by atoms with Crippen molar-refractivity contribution in [1.29, 1.82) is 0 Å². The molecule has 2 aliphatic rings. The van der Waals surface area contributed by atoms with E-state index in [0.717, 1.165) is 18.1 Å². The lowest BCUT2D eigenvalue weighted by atomic mass is 9.82. The van der Waals surface area contributed by atoms with Gasteiger partial charge in [-0.1, -0.05) is 19.9 Å². The normalized spacial score (nSPS) is 28.6. The molecule has 4 nitrogen and oxygen atoms in total. The molecule has 0 spiro atoms. The Kier molecular flexibility index (Phi) is 3.93. The SMILES string of the molecule is CC1C(CN2CCC(C)(C)CC2)C=Cc2nc(CN)cn21. The van der Waals surface area contributed by atoms with Crippen molar-refractivity contribution in [2.45, 2.75) is 46.2 Å². The molecule has 2 atom stereocenters. The molecule has 3 heterocycles. The monoisotopic (exact) mass is 288 g/mol. The van der Waals surface area contributed by atoms with Crippen LogP contribution in [-0.4, -0.2) is 34.1 Å². The highest BCUT2D eigenvalue weighted by molar-refractivity contribution is 5.44. The number of piperidine rings is 1. The van der Waals surface area contributed by atoms with Gasteiger partial charge in [-0.05, 0) is 44.3 Å². The van der Waals surface area contributed by atoms with E-state index in [4.69, 9.17) is 5.73 Å². The largest absolute Gasteiger partial charge is 0.328 e. The molecule has 0 radical (unpaired) electrons. The molecule has 21 heavy (non-hydrogen) atoms. The summed E-state index contributed by atoms with van der Waals surface area (Å²) in [6.45, 7) is 11.2. The summed E-state index contributed by atoms with van der Waals surface area (Å²) < 4.78 is 2.29. The molecule has 1 fully saturated rings. The fraction of sp³-hybridized carbons (Fsp3) is 0.706. The second-order valence-electron chi connectivity index (χ2n) is 7.43. The first-order chi connectivity index (χ1) is 9.98. The van der Waals surface area contributed by atoms with Gasteiger partial charge in [0.1, 0.15) is 5.82 Å². The van der Waals surface area contributed by atoms with Crippen LogP contribution in [0.1, 0.15) is 51.2 Å². The van der Waals surface area contributed by atoms with Gasteiger partial charge < -0.3 is 15.2 Å². The van der Waals surface area contributed by atoms with Gasteiger partial charge in [-0.15, -0.1) is 0 Å². The number of hydrogen-bond donors (Lipinski definition) is 1. The van der Waals surface area contributed by atoms with Gasteiger partial charge in [0.05, 0.1) is 5.69 Å². The Morgan fingerprint density at radius 2 is 2.05 bits per heavy atom. The van der Waals surface area contributed by atoms with Gasteiger partial charge in [-0.2, -0.15) is 0 Å². The van der Waals surface area contributed by atoms with E-state index in [2.05, 4.69) is 53.6 Å². The zero-order valence-corrected chi connectivity index (χ0v) is 13.5. The molecule has 0 saturated carbocycles. The summed E-state index contributed by atoms with van der Waals surface area (Å²) in [7, 11) is 0. The predicted molar refractivity (Wildman–Crippen MR) is 86.8 cm³/mol. The Bertz CT molecular complexity index is 519. The Labute approximate surface area is 128 Å². The average Bonchev–Trinajstić information content (AvgIpc) is 2.88. The Balaban J connectivity index is 1.65. The number of hydrogen-bond acceptors (Lipinski definition) is 3. The minimum absolute atomic E-state index is 0.465. The van der Waals surface area contributed by atoms with Crippen molar-refractivity contribution in [2.75, 3.05) is 19.6 Å². The number of nitrogens with zero attached hydrogens (tertiary/aromatic N) is 3. The lowest BCUT2D eigenvalue weighted by Gasteiger charge is -2.39. The van der Waals surface area contributed by atoms with Crippen LogP contribution in [-0.2, 0) is 6.54 Å². The first-order valence-electron chi connectivity index (χ1n) is 8.17. The van der Waals surface area contributed by atoms with Crippen LogP contribution in [0.15, 0.2) is 12.3 Å². The van der Waals surface area contributed by atoms with E-state index in [1.807, 2.05) is 0 Å². The van der Waals surface area contributed by atoms with Gasteiger partial charge in [0.15, 0.2) is 0 Å². The third kappa shape index (κ3) is 3.06. The van der Waals surface area contributed by atoms with Crippen molar-refractivity contribution in [3.05, 3.63) is 23.8 Å². The van der Waals surface area contributed by atoms with E-state index in [0.29, 0.717) is 23.9 Å². The van der Waals surface area contributed by atoms with E-state index < -0.39 is 0 Å². The van der Waals surface area contributed by atoms with Gasteiger partial charge in [-0.25, -0.2) is 4.98 Å². The van der Waals surface area contributed by atoms with Crippen molar-refractivity contribution < 1.29 is 0 Å². The first-order valence-corrected chi connectivity index (χ1v) is 8.17. The molecule has 1 aromatic heterocycles. The molecular formula is C17H28N4. The number of imidazole rings is 1. The Hall–Kier alpha value is -1.13. The lowest BCUT2D eigenvalue weighted by Crippen LogP contribution is -2.41. The van der Waals surface area contributed by atoms with Gasteiger partial charge >= 0.3 is 0 Å². The summed E-state index contributed by atoms with van der Waals surface area (Å²) in [5, 5.41) is 0. The summed E-state index contributed by atoms with van der Waals surface area (Å²) in [5.74, 6) is 1.62. The molecule has 0 bridgehead atoms. The number of aromatic nitrogens is 2. The molecule has 2 N–H and O–H groups in total. The van der Waals surface area contributed by atoms with Crippen LogP contribution in [0, 0.1) is 11.3 Å². The zero-order valence-electron chi connectivity index (χ0n) is 13.5. The van der Waals surface area contributed by atoms with Gasteiger partial charge in [0, 0.05) is 31.2 Å². The summed E-state index contributed by atoms with van der Waals surface area (Å²) in [6.07, 6.45) is 9.25. The molecule has 2 unspecified atom stereocenters. The number of fused-ring (bicyclic) bond motifs is 1. The summed E-state index contributed by atoms with van der Waals surface area (Å²) >= 11 is 0. The molecule has 4 heteroatoms. The fourth-order valence-corrected chi connectivity index (χ4v) is 3.44. The summed E-state index contributed by atoms with van der Waals surface area (Å²) in [5.41, 5.74) is 7.22. The molecular weight excluding hydrogens is 260 g/mol. The molecule has 0 aliphatic carbocycles. The van der Waals surface area contributed by atoms with Crippen LogP contribution >= 0.6 is 0 Å². The van der Waals surface area contributed by atoms with E-state index in [-0.39, 0.29) is 0 Å². The highest BCUT2D eigenvalue weighted by Gasteiger charge is 2.29. The maximum atomic E-state index is 5.71. The molecule has 116 valence electrons. The van der Waals surface area contributed by atoms with Crippen LogP contribution in [0.2, 0.25) is 0 Å². The van der Waals surface area contributed by atoms with Crippen LogP contribution < -0.4 is 5.73 Å². The van der Waals surface area contributed by atoms with Crippen LogP contribution in [0.3, 0.4) is 0 Å². The minimum Gasteiger partial charge on any atom is -0.328 e. The Morgan fingerprint density at radius 1 is 1.33 bits per heavy atom. The molecule has 0 aromatic carbocycles. The smallest absolute Gasteiger partial charge is 0.132 e. The number of rotatable bonds is 3. The van der Waals surface area contributed by atoms with Gasteiger partial charge in [0.25, 0.3) is 0 Å². The molecule has 0 amide bonds. The quantitative estimate of drug-likeness (QED) is 0.930. The highest BCUT2D eigenvalue weighted by atomic mass is 15.2. The number of nitrogens with two attached hydrogens (primary N) is 1. The maximum absolute atomic E-state index is 5.71. The van der Waals surface area contributed by atoms with Gasteiger partial charge in [0.2, 0.25) is 0 Å². The van der Waals surface area contributed by atoms with Crippen molar-refractivity contribution in [2.24, 2.45) is 17.1 Å². The average molecular weight is 288 g/mol.